The molecule has 128 valence electrons. The molecule has 3 fully saturated rings. The van der Waals surface area contributed by atoms with Crippen molar-refractivity contribution in [3.8, 4) is 0 Å². The number of amides is 1. The van der Waals surface area contributed by atoms with Crippen LogP contribution < -0.4 is 5.56 Å². The molecular weight excluding hydrogens is 294 g/mol. The Bertz CT molecular complexity index is 639. The van der Waals surface area contributed by atoms with E-state index in [0.29, 0.717) is 17.9 Å². The van der Waals surface area contributed by atoms with Crippen molar-refractivity contribution in [2.45, 2.75) is 71.4 Å². The lowest BCUT2D eigenvalue weighted by atomic mass is 9.69. The highest BCUT2D eigenvalue weighted by atomic mass is 16.6. The molecule has 4 rings (SSSR count). The summed E-state index contributed by atoms with van der Waals surface area (Å²) in [6, 6.07) is 0.200. The summed E-state index contributed by atoms with van der Waals surface area (Å²) in [7, 11) is 0. The highest BCUT2D eigenvalue weighted by Crippen LogP contribution is 2.52. The van der Waals surface area contributed by atoms with E-state index in [1.807, 2.05) is 34.6 Å². The Labute approximate surface area is 137 Å². The summed E-state index contributed by atoms with van der Waals surface area (Å²) in [6.45, 7) is 11.9. The molecule has 3 aliphatic rings. The molecule has 3 heterocycles. The van der Waals surface area contributed by atoms with E-state index >= 15 is 0 Å². The lowest BCUT2D eigenvalue weighted by Crippen LogP contribution is -2.41. The Balaban J connectivity index is 0.000000924. The molecule has 2 saturated heterocycles. The molecule has 0 atom stereocenters. The third kappa shape index (κ3) is 3.26. The number of nitrogens with one attached hydrogen (secondary N) is 1. The van der Waals surface area contributed by atoms with Gasteiger partial charge in [-0.25, -0.2) is 9.78 Å². The maximum Gasteiger partial charge on any atom is 0.410 e. The summed E-state index contributed by atoms with van der Waals surface area (Å²) in [5.41, 5.74) is -0.191. The van der Waals surface area contributed by atoms with Crippen LogP contribution >= 0.6 is 0 Å². The van der Waals surface area contributed by atoms with Gasteiger partial charge in [0.05, 0.1) is 5.41 Å². The number of carbonyl (C=O) groups is 1. The highest BCUT2D eigenvalue weighted by molar-refractivity contribution is 5.70. The van der Waals surface area contributed by atoms with Crippen molar-refractivity contribution >= 4 is 6.09 Å². The topological polar surface area (TPSA) is 75.3 Å². The molecule has 0 radical (unpaired) electrons. The molecule has 1 aromatic rings. The summed E-state index contributed by atoms with van der Waals surface area (Å²) in [4.78, 5) is 33.0. The van der Waals surface area contributed by atoms with Crippen molar-refractivity contribution in [3.63, 3.8) is 0 Å². The molecule has 1 aliphatic carbocycles. The van der Waals surface area contributed by atoms with E-state index in [2.05, 4.69) is 9.97 Å². The quantitative estimate of drug-likeness (QED) is 0.863. The number of hydrogen-bond donors (Lipinski definition) is 1. The molecule has 1 N–H and O–H groups in total. The zero-order chi connectivity index (χ0) is 17.4. The molecule has 2 bridgehead atoms. The summed E-state index contributed by atoms with van der Waals surface area (Å²) >= 11 is 0. The van der Waals surface area contributed by atoms with Crippen LogP contribution in [0.15, 0.2) is 11.0 Å². The van der Waals surface area contributed by atoms with Gasteiger partial charge in [-0.1, -0.05) is 13.8 Å². The van der Waals surface area contributed by atoms with Crippen LogP contribution in [0.4, 0.5) is 4.79 Å². The second kappa shape index (κ2) is 5.98. The van der Waals surface area contributed by atoms with Gasteiger partial charge in [-0.2, -0.15) is 0 Å². The molecular formula is C17H27N3O3. The molecule has 1 amide bonds. The standard InChI is InChI=1S/C15H21N3O3.C2H6/c1-9-7-16-12(17-11(9)19)15-5-10(6-15)18(8-15)13(20)21-14(2,3)4;1-2/h7,10H,5-6,8H2,1-4H3,(H,16,17,19);1-2H3. The van der Waals surface area contributed by atoms with Crippen molar-refractivity contribution in [1.29, 1.82) is 0 Å². The van der Waals surface area contributed by atoms with Gasteiger partial charge in [0.1, 0.15) is 11.4 Å². The Morgan fingerprint density at radius 2 is 2.00 bits per heavy atom. The van der Waals surface area contributed by atoms with E-state index in [4.69, 9.17) is 4.74 Å². The Morgan fingerprint density at radius 3 is 2.52 bits per heavy atom. The van der Waals surface area contributed by atoms with Gasteiger partial charge in [0.2, 0.25) is 0 Å². The number of aromatic amines is 1. The first-order valence-corrected chi connectivity index (χ1v) is 8.26. The zero-order valence-corrected chi connectivity index (χ0v) is 14.9. The van der Waals surface area contributed by atoms with Crippen LogP contribution in [0.2, 0.25) is 0 Å². The largest absolute Gasteiger partial charge is 0.444 e. The van der Waals surface area contributed by atoms with E-state index in [1.54, 1.807) is 18.0 Å². The first-order chi connectivity index (χ1) is 10.7. The highest BCUT2D eigenvalue weighted by Gasteiger charge is 2.59. The van der Waals surface area contributed by atoms with E-state index in [1.165, 1.54) is 0 Å². The number of hydrogen-bond acceptors (Lipinski definition) is 4. The molecule has 1 saturated carbocycles. The lowest BCUT2D eigenvalue weighted by Gasteiger charge is -2.35. The molecule has 0 aromatic carbocycles. The number of H-pyrrole nitrogens is 1. The summed E-state index contributed by atoms with van der Waals surface area (Å²) in [6.07, 6.45) is 3.02. The van der Waals surface area contributed by atoms with Gasteiger partial charge in [0, 0.05) is 24.3 Å². The molecule has 0 unspecified atom stereocenters. The number of carbonyl (C=O) groups excluding carboxylic acids is 1. The monoisotopic (exact) mass is 321 g/mol. The predicted molar refractivity (Wildman–Crippen MR) is 88.6 cm³/mol. The fourth-order valence-electron chi connectivity index (χ4n) is 3.18. The fourth-order valence-corrected chi connectivity index (χ4v) is 3.18. The normalized spacial score (nSPS) is 25.3. The summed E-state index contributed by atoms with van der Waals surface area (Å²) < 4.78 is 5.44. The van der Waals surface area contributed by atoms with Crippen LogP contribution in [0.1, 0.15) is 58.8 Å². The molecule has 6 heteroatoms. The van der Waals surface area contributed by atoms with Crippen molar-refractivity contribution in [2.24, 2.45) is 0 Å². The third-order valence-corrected chi connectivity index (χ3v) is 4.27. The van der Waals surface area contributed by atoms with Gasteiger partial charge < -0.3 is 14.6 Å². The van der Waals surface area contributed by atoms with Gasteiger partial charge in [-0.05, 0) is 40.5 Å². The molecule has 0 spiro atoms. The van der Waals surface area contributed by atoms with Crippen LogP contribution in [0.25, 0.3) is 0 Å². The van der Waals surface area contributed by atoms with Gasteiger partial charge >= 0.3 is 6.09 Å². The Hall–Kier alpha value is -1.85. The Morgan fingerprint density at radius 1 is 1.39 bits per heavy atom. The predicted octanol–water partition coefficient (Wildman–Crippen LogP) is 2.76. The second-order valence-electron chi connectivity index (χ2n) is 7.19. The number of aryl methyl sites for hydroxylation is 1. The SMILES string of the molecule is CC.Cc1cnc(C23CC(C2)N(C(=O)OC(C)(C)C)C3)[nH]c1=O. The maximum absolute atomic E-state index is 12.2. The molecule has 23 heavy (non-hydrogen) atoms. The maximum atomic E-state index is 12.2. The van der Waals surface area contributed by atoms with E-state index < -0.39 is 5.60 Å². The Kier molecular flexibility index (Phi) is 4.55. The molecule has 2 aliphatic heterocycles. The van der Waals surface area contributed by atoms with Crippen molar-refractivity contribution in [2.75, 3.05) is 6.54 Å². The second-order valence-corrected chi connectivity index (χ2v) is 7.19. The van der Waals surface area contributed by atoms with Gasteiger partial charge in [-0.3, -0.25) is 4.79 Å². The van der Waals surface area contributed by atoms with E-state index in [0.717, 1.165) is 12.8 Å². The average molecular weight is 321 g/mol. The fraction of sp³-hybridized carbons (Fsp3) is 0.706. The number of ether oxygens (including phenoxy) is 1. The third-order valence-electron chi connectivity index (χ3n) is 4.27. The van der Waals surface area contributed by atoms with Crippen molar-refractivity contribution < 1.29 is 9.53 Å². The average Bonchev–Trinajstić information content (AvgIpc) is 2.98. The molecule has 1 aromatic heterocycles. The molecule has 6 nitrogen and oxygen atoms in total. The van der Waals surface area contributed by atoms with Crippen molar-refractivity contribution in [3.05, 3.63) is 27.9 Å². The van der Waals surface area contributed by atoms with Crippen LogP contribution in [0, 0.1) is 6.92 Å². The minimum absolute atomic E-state index is 0.103. The van der Waals surface area contributed by atoms with E-state index in [-0.39, 0.29) is 23.1 Å². The zero-order valence-electron chi connectivity index (χ0n) is 14.9. The van der Waals surface area contributed by atoms with E-state index in [9.17, 15) is 9.59 Å². The van der Waals surface area contributed by atoms with Crippen LogP contribution in [-0.4, -0.2) is 39.1 Å². The summed E-state index contributed by atoms with van der Waals surface area (Å²) in [5, 5.41) is 0. The van der Waals surface area contributed by atoms with Crippen molar-refractivity contribution in [1.82, 2.24) is 14.9 Å². The first kappa shape index (κ1) is 17.5. The smallest absolute Gasteiger partial charge is 0.410 e. The lowest BCUT2D eigenvalue weighted by molar-refractivity contribution is 0.0246. The van der Waals surface area contributed by atoms with Gasteiger partial charge in [-0.15, -0.1) is 0 Å². The van der Waals surface area contributed by atoms with Gasteiger partial charge in [0.25, 0.3) is 5.56 Å². The van der Waals surface area contributed by atoms with Crippen LogP contribution in [-0.2, 0) is 10.2 Å². The van der Waals surface area contributed by atoms with Gasteiger partial charge in [0.15, 0.2) is 0 Å². The van der Waals surface area contributed by atoms with Crippen LogP contribution in [0.5, 0.6) is 0 Å². The number of rotatable bonds is 1. The number of fused-ring (bicyclic) bond motifs is 1. The first-order valence-electron chi connectivity index (χ1n) is 8.26. The number of nitrogens with zero attached hydrogens (tertiary/aromatic N) is 2. The summed E-state index contributed by atoms with van der Waals surface area (Å²) in [5.74, 6) is 0.695. The number of aromatic nitrogens is 2. The minimum atomic E-state index is -0.492. The van der Waals surface area contributed by atoms with Crippen LogP contribution in [0.3, 0.4) is 0 Å². The minimum Gasteiger partial charge on any atom is -0.444 e.